The minimum Gasteiger partial charge on any atom is -0.480 e. The molecule has 1 radical (unpaired) electrons. The van der Waals surface area contributed by atoms with Crippen molar-refractivity contribution in [2.75, 3.05) is 0 Å². The smallest absolute Gasteiger partial charge is 0.480 e. The minimum absolute atomic E-state index is 0. The Morgan fingerprint density at radius 2 is 1.21 bits per heavy atom. The zero-order chi connectivity index (χ0) is 43.1. The Kier molecular flexibility index (Phi) is 20.2. The van der Waals surface area contributed by atoms with Crippen molar-refractivity contribution < 1.29 is 43.7 Å². The van der Waals surface area contributed by atoms with Gasteiger partial charge in [-0.1, -0.05) is 74.3 Å². The summed E-state index contributed by atoms with van der Waals surface area (Å²) in [4.78, 5) is 11.0. The number of hydrogen-bond donors (Lipinski definition) is 5. The Balaban J connectivity index is 0.000000395. The van der Waals surface area contributed by atoms with Crippen molar-refractivity contribution in [3.8, 4) is 0 Å². The molecule has 0 aromatic rings. The summed E-state index contributed by atoms with van der Waals surface area (Å²) in [7, 11) is 0.0336. The van der Waals surface area contributed by atoms with Crippen molar-refractivity contribution in [2.45, 2.75) is 222 Å². The summed E-state index contributed by atoms with van der Waals surface area (Å²) in [5.41, 5.74) is 4.37. The summed E-state index contributed by atoms with van der Waals surface area (Å²) < 4.78 is 22.6. The van der Waals surface area contributed by atoms with Crippen LogP contribution in [-0.2, 0) is 23.4 Å². The highest BCUT2D eigenvalue weighted by Gasteiger charge is 2.51. The predicted molar refractivity (Wildman–Crippen MR) is 237 cm³/mol. The number of nitrogens with two attached hydrogens (primary N) is 1. The van der Waals surface area contributed by atoms with Gasteiger partial charge in [-0.15, -0.1) is 6.58 Å². The minimum atomic E-state index is -1.59. The highest BCUT2D eigenvalue weighted by Crippen LogP contribution is 2.46. The van der Waals surface area contributed by atoms with Gasteiger partial charge in [0.2, 0.25) is 0 Å². The van der Waals surface area contributed by atoms with E-state index in [4.69, 9.17) is 39.5 Å². The van der Waals surface area contributed by atoms with Gasteiger partial charge >= 0.3 is 27.9 Å². The molecule has 13 heteroatoms. The second-order valence-electron chi connectivity index (χ2n) is 21.4. The van der Waals surface area contributed by atoms with E-state index < -0.39 is 24.7 Å². The third-order valence-corrected chi connectivity index (χ3v) is 15.1. The molecule has 2 saturated heterocycles. The fourth-order valence-corrected chi connectivity index (χ4v) is 8.44. The van der Waals surface area contributed by atoms with E-state index in [9.17, 15) is 9.90 Å². The first-order valence-electron chi connectivity index (χ1n) is 21.6. The first kappa shape index (κ1) is 54.1. The number of carboxylic acids is 1. The van der Waals surface area contributed by atoms with Gasteiger partial charge in [0, 0.05) is 0 Å². The SMILES string of the molecule is C.C=C[C@@H]1CC[C@@H](C)C(C)(C)C1.CC1(C)O[B]OC1(C)C.C[C@@H]1CC[C@@H](CCB2OC(C)(C)C(C)(C)O2)CC1(C)C.N[C@@]1(C(=O)O)C[C@H](CCB(O)O)CC[C@H]1O. The molecule has 7 atom stereocenters. The van der Waals surface area contributed by atoms with E-state index in [0.29, 0.717) is 30.1 Å². The monoisotopic (exact) mass is 807 g/mol. The first-order chi connectivity index (χ1) is 25.4. The summed E-state index contributed by atoms with van der Waals surface area (Å²) >= 11 is 0. The number of aliphatic carboxylic acids is 1. The van der Waals surface area contributed by atoms with Gasteiger partial charge in [-0.05, 0) is 160 Å². The standard InChI is InChI=1S/C17H33BO2.C11H20.C9H18BNO5.C6H12BO2.CH4/c1-13-8-9-14(12-15(13,2)3)10-11-18-19-16(4,5)17(6,7)20-18;1-5-10-7-6-9(2)11(3,4)8-10;11-9(8(13)14)5-6(1-2-7(9)12)3-4-10(15)16;1-5(2)6(3,4)9-7-8-5;/h13-14H,8-12H2,1-7H3;5,9-10H,1,6-8H2,2-4H3;6-7,12,15-16H,1-5,11H2,(H,13,14);1-4H3;1H4/t13-,14+;9-,10-;6-,7+,9-;;/m110../s1. The third-order valence-electron chi connectivity index (χ3n) is 15.1. The van der Waals surface area contributed by atoms with Crippen LogP contribution >= 0.6 is 0 Å². The highest BCUT2D eigenvalue weighted by atomic mass is 16.7. The topological polar surface area (TPSA) is 161 Å². The third kappa shape index (κ3) is 15.2. The molecule has 5 aliphatic rings. The molecule has 0 amide bonds. The number of rotatable bonds is 8. The molecule has 6 N–H and O–H groups in total. The average molecular weight is 807 g/mol. The average Bonchev–Trinajstić information content (AvgIpc) is 3.45. The Morgan fingerprint density at radius 1 is 0.754 bits per heavy atom. The van der Waals surface area contributed by atoms with Gasteiger partial charge in [-0.3, -0.25) is 4.79 Å². The lowest BCUT2D eigenvalue weighted by Gasteiger charge is -2.41. The first-order valence-corrected chi connectivity index (χ1v) is 21.6. The lowest BCUT2D eigenvalue weighted by molar-refractivity contribution is -0.151. The Morgan fingerprint density at radius 3 is 1.61 bits per heavy atom. The van der Waals surface area contributed by atoms with Crippen LogP contribution in [0.1, 0.15) is 175 Å². The Hall–Kier alpha value is -0.915. The number of carboxylic acid groups (broad SMARTS) is 1. The summed E-state index contributed by atoms with van der Waals surface area (Å²) in [6.07, 6.45) is 13.5. The molecule has 57 heavy (non-hydrogen) atoms. The van der Waals surface area contributed by atoms with Gasteiger partial charge in [0.25, 0.3) is 0 Å². The van der Waals surface area contributed by atoms with Gasteiger partial charge < -0.3 is 44.6 Å². The molecule has 5 fully saturated rings. The molecule has 0 bridgehead atoms. The quantitative estimate of drug-likeness (QED) is 0.118. The van der Waals surface area contributed by atoms with Crippen molar-refractivity contribution in [2.24, 2.45) is 46.2 Å². The highest BCUT2D eigenvalue weighted by molar-refractivity contribution is 6.45. The molecule has 0 aromatic heterocycles. The van der Waals surface area contributed by atoms with Crippen LogP contribution in [0, 0.1) is 40.4 Å². The van der Waals surface area contributed by atoms with Gasteiger partial charge in [-0.25, -0.2) is 0 Å². The zero-order valence-electron chi connectivity index (χ0n) is 38.1. The van der Waals surface area contributed by atoms with Crippen LogP contribution in [0.2, 0.25) is 12.6 Å². The Bertz CT molecular complexity index is 1210. The van der Waals surface area contributed by atoms with Crippen molar-refractivity contribution in [1.29, 1.82) is 0 Å². The summed E-state index contributed by atoms with van der Waals surface area (Å²) in [6.45, 7) is 34.9. The maximum Gasteiger partial charge on any atom is 0.488 e. The molecule has 2 aliphatic heterocycles. The molecule has 2 heterocycles. The molecule has 331 valence electrons. The molecule has 3 aliphatic carbocycles. The number of hydrogen-bond acceptors (Lipinski definition) is 9. The fraction of sp³-hybridized carbons (Fsp3) is 0.932. The van der Waals surface area contributed by atoms with E-state index in [1.54, 1.807) is 0 Å². The van der Waals surface area contributed by atoms with Crippen LogP contribution in [0.5, 0.6) is 0 Å². The van der Waals surface area contributed by atoms with Crippen molar-refractivity contribution in [3.63, 3.8) is 0 Å². The summed E-state index contributed by atoms with van der Waals surface area (Å²) in [5.74, 6) is 2.19. The lowest BCUT2D eigenvalue weighted by atomic mass is 9.63. The lowest BCUT2D eigenvalue weighted by Crippen LogP contribution is -2.60. The second kappa shape index (κ2) is 21.2. The molecular weight excluding hydrogens is 719 g/mol. The van der Waals surface area contributed by atoms with Gasteiger partial charge in [0.15, 0.2) is 0 Å². The van der Waals surface area contributed by atoms with Crippen LogP contribution in [0.4, 0.5) is 0 Å². The van der Waals surface area contributed by atoms with Crippen LogP contribution in [-0.4, -0.2) is 82.2 Å². The Labute approximate surface area is 351 Å². The number of aliphatic hydroxyl groups excluding tert-OH is 1. The van der Waals surface area contributed by atoms with Crippen LogP contribution < -0.4 is 5.73 Å². The molecule has 10 nitrogen and oxygen atoms in total. The zero-order valence-corrected chi connectivity index (χ0v) is 38.1. The van der Waals surface area contributed by atoms with Crippen LogP contribution in [0.3, 0.4) is 0 Å². The molecular formula is C44H87B3NO9. The van der Waals surface area contributed by atoms with Crippen molar-refractivity contribution >= 4 is 27.9 Å². The normalized spacial score (nSPS) is 33.9. The number of aliphatic hydroxyl groups is 1. The van der Waals surface area contributed by atoms with E-state index in [1.807, 2.05) is 27.7 Å². The molecule has 3 saturated carbocycles. The van der Waals surface area contributed by atoms with E-state index in [-0.39, 0.29) is 55.6 Å². The van der Waals surface area contributed by atoms with Gasteiger partial charge in [0.05, 0.1) is 28.5 Å². The maximum absolute atomic E-state index is 11.0. The second-order valence-corrected chi connectivity index (χ2v) is 21.4. The number of carbonyl (C=O) groups is 1. The molecule has 0 aromatic carbocycles. The van der Waals surface area contributed by atoms with Crippen LogP contribution in [0.25, 0.3) is 0 Å². The van der Waals surface area contributed by atoms with Crippen LogP contribution in [0.15, 0.2) is 12.7 Å². The number of allylic oxidation sites excluding steroid dienone is 1. The summed E-state index contributed by atoms with van der Waals surface area (Å²) in [6, 6.07) is 0. The van der Waals surface area contributed by atoms with Crippen molar-refractivity contribution in [1.82, 2.24) is 0 Å². The maximum atomic E-state index is 11.0. The summed E-state index contributed by atoms with van der Waals surface area (Å²) in [5, 5.41) is 36.0. The van der Waals surface area contributed by atoms with E-state index in [2.05, 4.69) is 81.9 Å². The van der Waals surface area contributed by atoms with E-state index in [0.717, 1.165) is 30.0 Å². The largest absolute Gasteiger partial charge is 0.488 e. The molecule has 5 rings (SSSR count). The predicted octanol–water partition coefficient (Wildman–Crippen LogP) is 9.12. The van der Waals surface area contributed by atoms with Gasteiger partial charge in [0.1, 0.15) is 5.54 Å². The molecule has 0 unspecified atom stereocenters. The van der Waals surface area contributed by atoms with Gasteiger partial charge in [-0.2, -0.15) is 0 Å². The fourth-order valence-electron chi connectivity index (χ4n) is 8.44. The van der Waals surface area contributed by atoms with E-state index in [1.165, 1.54) is 52.6 Å². The van der Waals surface area contributed by atoms with Crippen molar-refractivity contribution in [3.05, 3.63) is 12.7 Å². The van der Waals surface area contributed by atoms with E-state index >= 15 is 0 Å². The molecule has 0 spiro atoms.